The number of nitrogens with zero attached hydrogens (tertiary/aromatic N) is 2. The Hall–Kier alpha value is -1.76. The number of likely N-dealkylation sites (tertiary alicyclic amines) is 1. The zero-order valence-electron chi connectivity index (χ0n) is 15.1. The molecule has 0 spiro atoms. The molecule has 0 aliphatic carbocycles. The maximum Gasteiger partial charge on any atom is 0.225 e. The molecule has 1 saturated heterocycles. The molecule has 1 amide bonds. The predicted molar refractivity (Wildman–Crippen MR) is 101 cm³/mol. The van der Waals surface area contributed by atoms with Gasteiger partial charge < -0.3 is 15.5 Å². The molecule has 0 aromatic heterocycles. The van der Waals surface area contributed by atoms with Crippen LogP contribution in [0.2, 0.25) is 0 Å². The van der Waals surface area contributed by atoms with Crippen molar-refractivity contribution in [3.05, 3.63) is 30.1 Å². The Morgan fingerprint density at radius 3 is 2.76 bits per heavy atom. The van der Waals surface area contributed by atoms with Gasteiger partial charge in [0.25, 0.3) is 0 Å². The summed E-state index contributed by atoms with van der Waals surface area (Å²) in [5, 5.41) is 6.67. The van der Waals surface area contributed by atoms with Gasteiger partial charge in [-0.25, -0.2) is 4.39 Å². The van der Waals surface area contributed by atoms with Gasteiger partial charge in [-0.15, -0.1) is 11.8 Å². The zero-order valence-corrected chi connectivity index (χ0v) is 15.9. The van der Waals surface area contributed by atoms with Crippen molar-refractivity contribution in [3.8, 4) is 0 Å². The summed E-state index contributed by atoms with van der Waals surface area (Å²) in [7, 11) is 1.74. The van der Waals surface area contributed by atoms with Gasteiger partial charge in [0.15, 0.2) is 5.96 Å². The molecule has 1 atom stereocenters. The third kappa shape index (κ3) is 6.23. The number of hydrogen-bond acceptors (Lipinski definition) is 3. The molecule has 1 heterocycles. The third-order valence-electron chi connectivity index (χ3n) is 4.04. The first kappa shape index (κ1) is 19.6. The number of halogens is 1. The van der Waals surface area contributed by atoms with E-state index >= 15 is 0 Å². The molecule has 1 aromatic rings. The Kier molecular flexibility index (Phi) is 7.55. The van der Waals surface area contributed by atoms with Crippen molar-refractivity contribution in [1.82, 2.24) is 15.5 Å². The van der Waals surface area contributed by atoms with Crippen LogP contribution in [0.5, 0.6) is 0 Å². The van der Waals surface area contributed by atoms with E-state index in [1.165, 1.54) is 12.1 Å². The quantitative estimate of drug-likeness (QED) is 0.351. The SMILES string of the molecule is CN=C(NCCSc1ccc(F)cc1)NC1CCN(C(=O)C(C)C)C1. The molecule has 138 valence electrons. The number of benzene rings is 1. The first-order chi connectivity index (χ1) is 12.0. The first-order valence-corrected chi connectivity index (χ1v) is 9.62. The van der Waals surface area contributed by atoms with Crippen molar-refractivity contribution in [2.45, 2.75) is 31.2 Å². The Morgan fingerprint density at radius 2 is 2.12 bits per heavy atom. The van der Waals surface area contributed by atoms with E-state index in [-0.39, 0.29) is 23.7 Å². The number of aliphatic imine (C=N–C) groups is 1. The molecule has 2 N–H and O–H groups in total. The number of hydrogen-bond donors (Lipinski definition) is 2. The minimum absolute atomic E-state index is 0.0414. The van der Waals surface area contributed by atoms with Crippen molar-refractivity contribution in [2.75, 3.05) is 32.4 Å². The highest BCUT2D eigenvalue weighted by atomic mass is 32.2. The highest BCUT2D eigenvalue weighted by molar-refractivity contribution is 7.99. The monoisotopic (exact) mass is 366 g/mol. The summed E-state index contributed by atoms with van der Waals surface area (Å²) in [6, 6.07) is 6.75. The van der Waals surface area contributed by atoms with Crippen LogP contribution in [0.3, 0.4) is 0 Å². The van der Waals surface area contributed by atoms with E-state index in [2.05, 4.69) is 15.6 Å². The summed E-state index contributed by atoms with van der Waals surface area (Å²) in [6.45, 7) is 6.14. The van der Waals surface area contributed by atoms with Crippen LogP contribution in [0.4, 0.5) is 4.39 Å². The molecule has 5 nitrogen and oxygen atoms in total. The highest BCUT2D eigenvalue weighted by Crippen LogP contribution is 2.17. The van der Waals surface area contributed by atoms with Crippen LogP contribution in [0, 0.1) is 11.7 Å². The van der Waals surface area contributed by atoms with Gasteiger partial charge in [-0.1, -0.05) is 13.8 Å². The van der Waals surface area contributed by atoms with Crippen molar-refractivity contribution in [2.24, 2.45) is 10.9 Å². The van der Waals surface area contributed by atoms with Crippen LogP contribution in [0.1, 0.15) is 20.3 Å². The molecule has 1 aromatic carbocycles. The van der Waals surface area contributed by atoms with Crippen LogP contribution >= 0.6 is 11.8 Å². The van der Waals surface area contributed by atoms with Crippen LogP contribution in [0.15, 0.2) is 34.2 Å². The Labute approximate surface area is 153 Å². The third-order valence-corrected chi connectivity index (χ3v) is 5.05. The molecule has 25 heavy (non-hydrogen) atoms. The molecule has 0 saturated carbocycles. The average Bonchev–Trinajstić information content (AvgIpc) is 3.06. The summed E-state index contributed by atoms with van der Waals surface area (Å²) in [4.78, 5) is 19.2. The van der Waals surface area contributed by atoms with E-state index in [9.17, 15) is 9.18 Å². The second-order valence-electron chi connectivity index (χ2n) is 6.37. The van der Waals surface area contributed by atoms with Gasteiger partial charge in [0.2, 0.25) is 5.91 Å². The molecule has 1 unspecified atom stereocenters. The summed E-state index contributed by atoms with van der Waals surface area (Å²) in [6.07, 6.45) is 0.934. The number of guanidine groups is 1. The zero-order chi connectivity index (χ0) is 18.2. The maximum absolute atomic E-state index is 12.9. The lowest BCUT2D eigenvalue weighted by atomic mass is 10.2. The fourth-order valence-electron chi connectivity index (χ4n) is 2.70. The van der Waals surface area contributed by atoms with Crippen molar-refractivity contribution in [1.29, 1.82) is 0 Å². The lowest BCUT2D eigenvalue weighted by molar-refractivity contribution is -0.133. The molecule has 0 bridgehead atoms. The van der Waals surface area contributed by atoms with Crippen molar-refractivity contribution in [3.63, 3.8) is 0 Å². The number of carbonyl (C=O) groups is 1. The van der Waals surface area contributed by atoms with E-state index in [0.29, 0.717) is 0 Å². The summed E-state index contributed by atoms with van der Waals surface area (Å²) < 4.78 is 12.9. The normalized spacial score (nSPS) is 17.9. The van der Waals surface area contributed by atoms with Gasteiger partial charge in [0.05, 0.1) is 0 Å². The van der Waals surface area contributed by atoms with E-state index in [1.807, 2.05) is 18.7 Å². The highest BCUT2D eigenvalue weighted by Gasteiger charge is 2.27. The van der Waals surface area contributed by atoms with E-state index < -0.39 is 0 Å². The molecule has 1 fully saturated rings. The Balaban J connectivity index is 1.69. The first-order valence-electron chi connectivity index (χ1n) is 8.64. The van der Waals surface area contributed by atoms with Crippen LogP contribution in [0.25, 0.3) is 0 Å². The molecule has 1 aliphatic heterocycles. The van der Waals surface area contributed by atoms with Gasteiger partial charge in [-0.3, -0.25) is 9.79 Å². The molecule has 7 heteroatoms. The van der Waals surface area contributed by atoms with E-state index in [0.717, 1.165) is 42.7 Å². The fraction of sp³-hybridized carbons (Fsp3) is 0.556. The molecule has 0 radical (unpaired) electrons. The van der Waals surface area contributed by atoms with Gasteiger partial charge in [-0.05, 0) is 30.7 Å². The Morgan fingerprint density at radius 1 is 1.40 bits per heavy atom. The van der Waals surface area contributed by atoms with E-state index in [4.69, 9.17) is 0 Å². The van der Waals surface area contributed by atoms with Crippen molar-refractivity contribution < 1.29 is 9.18 Å². The number of nitrogens with one attached hydrogen (secondary N) is 2. The lowest BCUT2D eigenvalue weighted by Gasteiger charge is -2.20. The number of carbonyl (C=O) groups excluding carboxylic acids is 1. The minimum atomic E-state index is -0.214. The van der Waals surface area contributed by atoms with Gasteiger partial charge in [0, 0.05) is 49.3 Å². The average molecular weight is 367 g/mol. The fourth-order valence-corrected chi connectivity index (χ4v) is 3.47. The summed E-state index contributed by atoms with van der Waals surface area (Å²) in [5.74, 6) is 1.65. The maximum atomic E-state index is 12.9. The molecular formula is C18H27FN4OS. The smallest absolute Gasteiger partial charge is 0.225 e. The molecular weight excluding hydrogens is 339 g/mol. The standard InChI is InChI=1S/C18H27FN4OS/c1-13(2)17(24)23-10-8-15(12-23)22-18(20-3)21-9-11-25-16-6-4-14(19)5-7-16/h4-7,13,15H,8-12H2,1-3H3,(H2,20,21,22). The van der Waals surface area contributed by atoms with E-state index in [1.54, 1.807) is 30.9 Å². The van der Waals surface area contributed by atoms with Crippen LogP contribution in [-0.4, -0.2) is 55.2 Å². The second kappa shape index (κ2) is 9.65. The summed E-state index contributed by atoms with van der Waals surface area (Å²) >= 11 is 1.67. The Bertz CT molecular complexity index is 591. The minimum Gasteiger partial charge on any atom is -0.356 e. The second-order valence-corrected chi connectivity index (χ2v) is 7.54. The van der Waals surface area contributed by atoms with Gasteiger partial charge >= 0.3 is 0 Å². The summed E-state index contributed by atoms with van der Waals surface area (Å²) in [5.41, 5.74) is 0. The van der Waals surface area contributed by atoms with Crippen LogP contribution < -0.4 is 10.6 Å². The van der Waals surface area contributed by atoms with Gasteiger partial charge in [-0.2, -0.15) is 0 Å². The number of rotatable bonds is 6. The number of amides is 1. The van der Waals surface area contributed by atoms with Gasteiger partial charge in [0.1, 0.15) is 5.82 Å². The van der Waals surface area contributed by atoms with Crippen LogP contribution in [-0.2, 0) is 4.79 Å². The largest absolute Gasteiger partial charge is 0.356 e. The topological polar surface area (TPSA) is 56.7 Å². The lowest BCUT2D eigenvalue weighted by Crippen LogP contribution is -2.45. The number of thioether (sulfide) groups is 1. The van der Waals surface area contributed by atoms with Crippen molar-refractivity contribution >= 4 is 23.6 Å². The molecule has 2 rings (SSSR count). The predicted octanol–water partition coefficient (Wildman–Crippen LogP) is 2.34. The molecule has 1 aliphatic rings.